The Balaban J connectivity index is 1.96. The van der Waals surface area contributed by atoms with Gasteiger partial charge in [-0.25, -0.2) is 0 Å². The summed E-state index contributed by atoms with van der Waals surface area (Å²) in [6, 6.07) is 9.05. The van der Waals surface area contributed by atoms with E-state index >= 15 is 0 Å². The van der Waals surface area contributed by atoms with Crippen molar-refractivity contribution < 1.29 is 4.74 Å². The summed E-state index contributed by atoms with van der Waals surface area (Å²) in [5.74, 6) is 1.79. The Hall–Kier alpha value is -1.02. The van der Waals surface area contributed by atoms with Gasteiger partial charge in [-0.15, -0.1) is 0 Å². The maximum Gasteiger partial charge on any atom is 0.119 e. The molecule has 0 spiro atoms. The summed E-state index contributed by atoms with van der Waals surface area (Å²) in [5, 5.41) is 3.56. The van der Waals surface area contributed by atoms with Crippen molar-refractivity contribution in [1.29, 1.82) is 0 Å². The standard InChI is InChI=1S/C15H23NO/c1-3-4-8-17-14-7-5-6-13(10-14)15-9-12(2)11-16-15/h5-7,10,12,15-16H,3-4,8-9,11H2,1-2H3. The Bertz CT molecular complexity index is 351. The molecule has 94 valence electrons. The molecule has 1 N–H and O–H groups in total. The summed E-state index contributed by atoms with van der Waals surface area (Å²) in [7, 11) is 0. The predicted octanol–water partition coefficient (Wildman–Crippen LogP) is 3.54. The molecule has 0 radical (unpaired) electrons. The Labute approximate surface area is 104 Å². The first kappa shape index (κ1) is 12.4. The fourth-order valence-electron chi connectivity index (χ4n) is 2.32. The van der Waals surface area contributed by atoms with Crippen LogP contribution in [0.3, 0.4) is 0 Å². The van der Waals surface area contributed by atoms with E-state index in [1.807, 2.05) is 0 Å². The van der Waals surface area contributed by atoms with Gasteiger partial charge in [0.1, 0.15) is 5.75 Å². The molecule has 1 saturated heterocycles. The van der Waals surface area contributed by atoms with Gasteiger partial charge >= 0.3 is 0 Å². The number of unbranched alkanes of at least 4 members (excludes halogenated alkanes) is 1. The number of ether oxygens (including phenoxy) is 1. The van der Waals surface area contributed by atoms with Crippen molar-refractivity contribution in [3.8, 4) is 5.75 Å². The van der Waals surface area contributed by atoms with Gasteiger partial charge in [0.25, 0.3) is 0 Å². The van der Waals surface area contributed by atoms with Crippen molar-refractivity contribution in [3.05, 3.63) is 29.8 Å². The van der Waals surface area contributed by atoms with Crippen LogP contribution < -0.4 is 10.1 Å². The molecule has 1 aliphatic rings. The molecule has 2 atom stereocenters. The van der Waals surface area contributed by atoms with E-state index in [2.05, 4.69) is 43.4 Å². The van der Waals surface area contributed by atoms with Gasteiger partial charge in [0.2, 0.25) is 0 Å². The van der Waals surface area contributed by atoms with E-state index < -0.39 is 0 Å². The third kappa shape index (κ3) is 3.47. The lowest BCUT2D eigenvalue weighted by atomic mass is 10.0. The summed E-state index contributed by atoms with van der Waals surface area (Å²) in [6.07, 6.45) is 3.54. The third-order valence-electron chi connectivity index (χ3n) is 3.38. The van der Waals surface area contributed by atoms with Crippen molar-refractivity contribution in [3.63, 3.8) is 0 Å². The molecule has 0 saturated carbocycles. The minimum atomic E-state index is 0.514. The highest BCUT2D eigenvalue weighted by Crippen LogP contribution is 2.28. The lowest BCUT2D eigenvalue weighted by Gasteiger charge is -2.13. The molecule has 1 aromatic rings. The van der Waals surface area contributed by atoms with Crippen LogP contribution in [0.2, 0.25) is 0 Å². The minimum absolute atomic E-state index is 0.514. The normalized spacial score (nSPS) is 23.9. The molecule has 1 aliphatic heterocycles. The summed E-state index contributed by atoms with van der Waals surface area (Å²) in [6.45, 7) is 6.44. The van der Waals surface area contributed by atoms with Crippen molar-refractivity contribution in [2.75, 3.05) is 13.2 Å². The van der Waals surface area contributed by atoms with E-state index in [9.17, 15) is 0 Å². The van der Waals surface area contributed by atoms with Crippen LogP contribution in [0.4, 0.5) is 0 Å². The fourth-order valence-corrected chi connectivity index (χ4v) is 2.32. The second-order valence-corrected chi connectivity index (χ2v) is 5.08. The molecular weight excluding hydrogens is 210 g/mol. The first-order valence-corrected chi connectivity index (χ1v) is 6.75. The zero-order chi connectivity index (χ0) is 12.1. The highest BCUT2D eigenvalue weighted by atomic mass is 16.5. The van der Waals surface area contributed by atoms with Gasteiger partial charge < -0.3 is 10.1 Å². The van der Waals surface area contributed by atoms with Crippen LogP contribution in [-0.4, -0.2) is 13.2 Å². The molecule has 2 nitrogen and oxygen atoms in total. The van der Waals surface area contributed by atoms with Gasteiger partial charge in [-0.2, -0.15) is 0 Å². The largest absolute Gasteiger partial charge is 0.494 e. The van der Waals surface area contributed by atoms with Crippen molar-refractivity contribution in [2.24, 2.45) is 5.92 Å². The van der Waals surface area contributed by atoms with E-state index in [0.717, 1.165) is 31.2 Å². The van der Waals surface area contributed by atoms with Gasteiger partial charge in [-0.1, -0.05) is 32.4 Å². The molecule has 1 fully saturated rings. The SMILES string of the molecule is CCCCOc1cccc(C2CC(C)CN2)c1. The van der Waals surface area contributed by atoms with Crippen LogP contribution in [0.5, 0.6) is 5.75 Å². The molecule has 1 aromatic carbocycles. The fraction of sp³-hybridized carbons (Fsp3) is 0.600. The Morgan fingerprint density at radius 3 is 3.00 bits per heavy atom. The van der Waals surface area contributed by atoms with Crippen molar-refractivity contribution in [1.82, 2.24) is 5.32 Å². The van der Waals surface area contributed by atoms with Crippen LogP contribution in [-0.2, 0) is 0 Å². The zero-order valence-electron chi connectivity index (χ0n) is 10.9. The average molecular weight is 233 g/mol. The summed E-state index contributed by atoms with van der Waals surface area (Å²) < 4.78 is 5.75. The second-order valence-electron chi connectivity index (χ2n) is 5.08. The maximum absolute atomic E-state index is 5.75. The molecule has 0 amide bonds. The number of hydrogen-bond acceptors (Lipinski definition) is 2. The van der Waals surface area contributed by atoms with Gasteiger partial charge in [0.15, 0.2) is 0 Å². The Kier molecular flexibility index (Phi) is 4.43. The summed E-state index contributed by atoms with van der Waals surface area (Å²) >= 11 is 0. The van der Waals surface area contributed by atoms with E-state index in [-0.39, 0.29) is 0 Å². The first-order valence-electron chi connectivity index (χ1n) is 6.75. The highest BCUT2D eigenvalue weighted by molar-refractivity contribution is 5.31. The lowest BCUT2D eigenvalue weighted by Crippen LogP contribution is -2.13. The van der Waals surface area contributed by atoms with Crippen LogP contribution in [0.25, 0.3) is 0 Å². The van der Waals surface area contributed by atoms with Crippen LogP contribution in [0.15, 0.2) is 24.3 Å². The van der Waals surface area contributed by atoms with Crippen molar-refractivity contribution >= 4 is 0 Å². The molecular formula is C15H23NO. The zero-order valence-corrected chi connectivity index (χ0v) is 10.9. The maximum atomic E-state index is 5.75. The smallest absolute Gasteiger partial charge is 0.119 e. The van der Waals surface area contributed by atoms with Crippen LogP contribution in [0.1, 0.15) is 44.7 Å². The molecule has 2 unspecified atom stereocenters. The number of rotatable bonds is 5. The second kappa shape index (κ2) is 6.06. The Morgan fingerprint density at radius 1 is 1.41 bits per heavy atom. The quantitative estimate of drug-likeness (QED) is 0.785. The minimum Gasteiger partial charge on any atom is -0.494 e. The summed E-state index contributed by atoms with van der Waals surface area (Å²) in [5.41, 5.74) is 1.36. The number of nitrogens with one attached hydrogen (secondary N) is 1. The van der Waals surface area contributed by atoms with Crippen LogP contribution in [0, 0.1) is 5.92 Å². The van der Waals surface area contributed by atoms with E-state index in [1.54, 1.807) is 0 Å². The molecule has 0 aromatic heterocycles. The summed E-state index contributed by atoms with van der Waals surface area (Å²) in [4.78, 5) is 0. The first-order chi connectivity index (χ1) is 8.29. The topological polar surface area (TPSA) is 21.3 Å². The van der Waals surface area contributed by atoms with E-state index in [4.69, 9.17) is 4.74 Å². The molecule has 1 heterocycles. The molecule has 0 aliphatic carbocycles. The number of benzene rings is 1. The van der Waals surface area contributed by atoms with Gasteiger partial charge in [0.05, 0.1) is 6.61 Å². The van der Waals surface area contributed by atoms with E-state index in [0.29, 0.717) is 6.04 Å². The molecule has 0 bridgehead atoms. The Morgan fingerprint density at radius 2 is 2.29 bits per heavy atom. The average Bonchev–Trinajstić information content (AvgIpc) is 2.77. The highest BCUT2D eigenvalue weighted by Gasteiger charge is 2.21. The third-order valence-corrected chi connectivity index (χ3v) is 3.38. The van der Waals surface area contributed by atoms with E-state index in [1.165, 1.54) is 18.4 Å². The van der Waals surface area contributed by atoms with Gasteiger partial charge in [-0.3, -0.25) is 0 Å². The lowest BCUT2D eigenvalue weighted by molar-refractivity contribution is 0.309. The van der Waals surface area contributed by atoms with Gasteiger partial charge in [0, 0.05) is 6.04 Å². The van der Waals surface area contributed by atoms with Crippen LogP contribution >= 0.6 is 0 Å². The molecule has 2 heteroatoms. The van der Waals surface area contributed by atoms with Crippen molar-refractivity contribution in [2.45, 2.75) is 39.2 Å². The monoisotopic (exact) mass is 233 g/mol. The molecule has 17 heavy (non-hydrogen) atoms. The van der Waals surface area contributed by atoms with Gasteiger partial charge in [-0.05, 0) is 43.0 Å². The molecule has 2 rings (SSSR count). The number of hydrogen-bond donors (Lipinski definition) is 1. The predicted molar refractivity (Wildman–Crippen MR) is 71.4 cm³/mol.